The first-order valence-electron chi connectivity index (χ1n) is 7.02. The summed E-state index contributed by atoms with van der Waals surface area (Å²) < 4.78 is 19.0. The number of halogens is 1. The molecule has 0 aromatic carbocycles. The lowest BCUT2D eigenvalue weighted by molar-refractivity contribution is 0.122. The van der Waals surface area contributed by atoms with Crippen LogP contribution in [0.25, 0.3) is 0 Å². The highest BCUT2D eigenvalue weighted by Gasteiger charge is 2.27. The summed E-state index contributed by atoms with van der Waals surface area (Å²) in [4.78, 5) is 11.0. The fraction of sp³-hybridized carbons (Fsp3) is 0.692. The molecule has 2 N–H and O–H groups in total. The molecule has 0 spiro atoms. The first-order chi connectivity index (χ1) is 9.72. The van der Waals surface area contributed by atoms with E-state index in [9.17, 15) is 4.39 Å². The SMILES string of the molecule is Cc1cc(N2CCOCC2)nc(N[C@@H]2CNC[C@H]2F)n1. The molecule has 3 rings (SSSR count). The van der Waals surface area contributed by atoms with E-state index >= 15 is 0 Å². The zero-order chi connectivity index (χ0) is 13.9. The predicted octanol–water partition coefficient (Wildman–Crippen LogP) is 0.343. The van der Waals surface area contributed by atoms with Crippen molar-refractivity contribution in [2.45, 2.75) is 19.1 Å². The van der Waals surface area contributed by atoms with Crippen LogP contribution in [0.1, 0.15) is 5.69 Å². The summed E-state index contributed by atoms with van der Waals surface area (Å²) in [6.45, 7) is 6.00. The summed E-state index contributed by atoms with van der Waals surface area (Å²) in [6.07, 6.45) is -0.897. The topological polar surface area (TPSA) is 62.3 Å². The van der Waals surface area contributed by atoms with Crippen molar-refractivity contribution in [1.82, 2.24) is 15.3 Å². The number of nitrogens with one attached hydrogen (secondary N) is 2. The van der Waals surface area contributed by atoms with E-state index < -0.39 is 6.17 Å². The van der Waals surface area contributed by atoms with Crippen LogP contribution in [-0.2, 0) is 4.74 Å². The first kappa shape index (κ1) is 13.5. The van der Waals surface area contributed by atoms with Gasteiger partial charge in [-0.2, -0.15) is 4.98 Å². The molecule has 2 saturated heterocycles. The molecule has 3 heterocycles. The number of morpholine rings is 1. The molecule has 20 heavy (non-hydrogen) atoms. The van der Waals surface area contributed by atoms with Gasteiger partial charge in [-0.1, -0.05) is 0 Å². The van der Waals surface area contributed by atoms with Gasteiger partial charge < -0.3 is 20.3 Å². The normalized spacial score (nSPS) is 26.8. The summed E-state index contributed by atoms with van der Waals surface area (Å²) in [6, 6.07) is 1.70. The molecule has 0 amide bonds. The van der Waals surface area contributed by atoms with Gasteiger partial charge in [0.1, 0.15) is 12.0 Å². The molecular weight excluding hydrogens is 261 g/mol. The molecule has 2 atom stereocenters. The maximum Gasteiger partial charge on any atom is 0.225 e. The Hall–Kier alpha value is -1.47. The second-order valence-electron chi connectivity index (χ2n) is 5.22. The lowest BCUT2D eigenvalue weighted by Crippen LogP contribution is -2.37. The molecule has 0 unspecified atom stereocenters. The number of hydrogen-bond acceptors (Lipinski definition) is 6. The van der Waals surface area contributed by atoms with Gasteiger partial charge in [-0.15, -0.1) is 0 Å². The molecule has 0 bridgehead atoms. The fourth-order valence-corrected chi connectivity index (χ4v) is 2.53. The third kappa shape index (κ3) is 2.99. The highest BCUT2D eigenvalue weighted by Crippen LogP contribution is 2.18. The standard InChI is InChI=1S/C13H20FN5O/c1-9-6-12(19-2-4-20-5-3-19)18-13(16-9)17-11-8-15-7-10(11)14/h6,10-11,15H,2-5,7-8H2,1H3,(H,16,17,18)/t10-,11-/m1/s1. The average Bonchev–Trinajstić information content (AvgIpc) is 2.85. The van der Waals surface area contributed by atoms with Crippen molar-refractivity contribution in [1.29, 1.82) is 0 Å². The van der Waals surface area contributed by atoms with Crippen molar-refractivity contribution >= 4 is 11.8 Å². The number of aromatic nitrogens is 2. The monoisotopic (exact) mass is 281 g/mol. The molecule has 0 aliphatic carbocycles. The van der Waals surface area contributed by atoms with Crippen molar-refractivity contribution in [3.05, 3.63) is 11.8 Å². The van der Waals surface area contributed by atoms with Gasteiger partial charge in [0.05, 0.1) is 19.3 Å². The van der Waals surface area contributed by atoms with Crippen LogP contribution in [-0.4, -0.2) is 61.6 Å². The van der Waals surface area contributed by atoms with Gasteiger partial charge in [0, 0.05) is 37.9 Å². The summed E-state index contributed by atoms with van der Waals surface area (Å²) in [5.74, 6) is 1.38. The summed E-state index contributed by atoms with van der Waals surface area (Å²) in [5.41, 5.74) is 0.880. The fourth-order valence-electron chi connectivity index (χ4n) is 2.53. The second kappa shape index (κ2) is 5.88. The van der Waals surface area contributed by atoms with Gasteiger partial charge in [-0.25, -0.2) is 9.37 Å². The first-order valence-corrected chi connectivity index (χ1v) is 7.02. The predicted molar refractivity (Wildman–Crippen MR) is 75.0 cm³/mol. The van der Waals surface area contributed by atoms with Crippen LogP contribution in [0.15, 0.2) is 6.07 Å². The second-order valence-corrected chi connectivity index (χ2v) is 5.22. The Balaban J connectivity index is 1.75. The van der Waals surface area contributed by atoms with E-state index in [0.717, 1.165) is 24.6 Å². The zero-order valence-electron chi connectivity index (χ0n) is 11.6. The maximum atomic E-state index is 13.6. The zero-order valence-corrected chi connectivity index (χ0v) is 11.6. The Morgan fingerprint density at radius 3 is 2.85 bits per heavy atom. The minimum Gasteiger partial charge on any atom is -0.378 e. The Morgan fingerprint density at radius 1 is 1.35 bits per heavy atom. The molecule has 2 aliphatic rings. The number of anilines is 2. The van der Waals surface area contributed by atoms with Crippen LogP contribution in [0.3, 0.4) is 0 Å². The molecule has 6 nitrogen and oxygen atoms in total. The number of nitrogens with zero attached hydrogens (tertiary/aromatic N) is 3. The summed E-state index contributed by atoms with van der Waals surface area (Å²) >= 11 is 0. The van der Waals surface area contributed by atoms with E-state index in [1.54, 1.807) is 0 Å². The van der Waals surface area contributed by atoms with Crippen LogP contribution >= 0.6 is 0 Å². The van der Waals surface area contributed by atoms with E-state index in [-0.39, 0.29) is 6.04 Å². The third-order valence-electron chi connectivity index (χ3n) is 3.63. The molecule has 2 aliphatic heterocycles. The largest absolute Gasteiger partial charge is 0.378 e. The van der Waals surface area contributed by atoms with E-state index in [1.165, 1.54) is 0 Å². The van der Waals surface area contributed by atoms with Gasteiger partial charge in [0.2, 0.25) is 5.95 Å². The van der Waals surface area contributed by atoms with Crippen molar-refractivity contribution in [3.63, 3.8) is 0 Å². The highest BCUT2D eigenvalue weighted by atomic mass is 19.1. The molecule has 7 heteroatoms. The van der Waals surface area contributed by atoms with Gasteiger partial charge >= 0.3 is 0 Å². The van der Waals surface area contributed by atoms with Gasteiger partial charge in [-0.05, 0) is 6.92 Å². The number of ether oxygens (including phenoxy) is 1. The van der Waals surface area contributed by atoms with Crippen molar-refractivity contribution in [2.75, 3.05) is 49.6 Å². The Bertz CT molecular complexity index is 466. The summed E-state index contributed by atoms with van der Waals surface area (Å²) in [7, 11) is 0. The van der Waals surface area contributed by atoms with Gasteiger partial charge in [0.25, 0.3) is 0 Å². The van der Waals surface area contributed by atoms with E-state index in [2.05, 4.69) is 25.5 Å². The Labute approximate surface area is 117 Å². The molecule has 1 aromatic heterocycles. The molecule has 0 radical (unpaired) electrons. The molecule has 110 valence electrons. The van der Waals surface area contributed by atoms with Crippen LogP contribution in [0.4, 0.5) is 16.2 Å². The van der Waals surface area contributed by atoms with E-state index in [4.69, 9.17) is 4.74 Å². The lowest BCUT2D eigenvalue weighted by atomic mass is 10.2. The Kier molecular flexibility index (Phi) is 3.98. The minimum atomic E-state index is -0.897. The van der Waals surface area contributed by atoms with Crippen LogP contribution in [0.2, 0.25) is 0 Å². The lowest BCUT2D eigenvalue weighted by Gasteiger charge is -2.28. The number of aryl methyl sites for hydroxylation is 1. The third-order valence-corrected chi connectivity index (χ3v) is 3.63. The van der Waals surface area contributed by atoms with Crippen LogP contribution in [0, 0.1) is 6.92 Å². The molecule has 0 saturated carbocycles. The van der Waals surface area contributed by atoms with E-state index in [0.29, 0.717) is 32.3 Å². The van der Waals surface area contributed by atoms with Crippen LogP contribution in [0.5, 0.6) is 0 Å². The van der Waals surface area contributed by atoms with Gasteiger partial charge in [0.15, 0.2) is 0 Å². The maximum absolute atomic E-state index is 13.6. The quantitative estimate of drug-likeness (QED) is 0.833. The summed E-state index contributed by atoms with van der Waals surface area (Å²) in [5, 5.41) is 6.11. The van der Waals surface area contributed by atoms with Crippen LogP contribution < -0.4 is 15.5 Å². The highest BCUT2D eigenvalue weighted by molar-refractivity contribution is 5.45. The number of hydrogen-bond donors (Lipinski definition) is 2. The van der Waals surface area contributed by atoms with Crippen molar-refractivity contribution < 1.29 is 9.13 Å². The minimum absolute atomic E-state index is 0.255. The average molecular weight is 281 g/mol. The van der Waals surface area contributed by atoms with Crippen molar-refractivity contribution in [2.24, 2.45) is 0 Å². The molecule has 1 aromatic rings. The molecular formula is C13H20FN5O. The smallest absolute Gasteiger partial charge is 0.225 e. The Morgan fingerprint density at radius 2 is 2.15 bits per heavy atom. The molecule has 2 fully saturated rings. The van der Waals surface area contributed by atoms with Gasteiger partial charge in [-0.3, -0.25) is 0 Å². The number of rotatable bonds is 3. The van der Waals surface area contributed by atoms with E-state index in [1.807, 2.05) is 13.0 Å². The number of alkyl halides is 1. The van der Waals surface area contributed by atoms with Crippen molar-refractivity contribution in [3.8, 4) is 0 Å².